The van der Waals surface area contributed by atoms with E-state index in [0.29, 0.717) is 26.4 Å². The van der Waals surface area contributed by atoms with Crippen LogP contribution in [-0.4, -0.2) is 35.2 Å². The lowest BCUT2D eigenvalue weighted by molar-refractivity contribution is 0.175. The van der Waals surface area contributed by atoms with Crippen LogP contribution in [0.1, 0.15) is 185 Å². The van der Waals surface area contributed by atoms with Gasteiger partial charge in [-0.15, -0.1) is 22.7 Å². The Balaban J connectivity index is 0.918. The average Bonchev–Trinajstić information content (AvgIpc) is 4.49. The summed E-state index contributed by atoms with van der Waals surface area (Å²) in [5, 5.41) is 0. The summed E-state index contributed by atoms with van der Waals surface area (Å²) in [4.78, 5) is 4.05. The molecule has 0 bridgehead atoms. The first kappa shape index (κ1) is 54.6. The zero-order valence-corrected chi connectivity index (χ0v) is 51.1. The first-order valence-corrected chi connectivity index (χ1v) is 33.9. The van der Waals surface area contributed by atoms with Gasteiger partial charge in [-0.25, -0.2) is 0 Å². The van der Waals surface area contributed by atoms with Crippen molar-refractivity contribution in [2.75, 3.05) is 26.4 Å². The zero-order valence-electron chi connectivity index (χ0n) is 47.8. The Bertz CT molecular complexity index is 3680. The number of nitrogens with zero attached hydrogens (tertiary/aromatic N) is 4. The van der Waals surface area contributed by atoms with Crippen LogP contribution in [0.25, 0.3) is 75.0 Å². The highest BCUT2D eigenvalue weighted by atomic mass is 32.1. The number of unbranched alkanes of at least 4 members (excludes halogenated alkanes) is 13. The summed E-state index contributed by atoms with van der Waals surface area (Å²) >= 11 is 5.91. The van der Waals surface area contributed by atoms with Crippen molar-refractivity contribution in [2.24, 2.45) is 8.73 Å². The van der Waals surface area contributed by atoms with E-state index >= 15 is 0 Å². The second kappa shape index (κ2) is 23.9. The Morgan fingerprint density at radius 1 is 0.395 bits per heavy atom. The van der Waals surface area contributed by atoms with Crippen molar-refractivity contribution in [3.63, 3.8) is 0 Å². The van der Waals surface area contributed by atoms with Crippen molar-refractivity contribution in [3.8, 4) is 87.0 Å². The molecule has 0 amide bonds. The van der Waals surface area contributed by atoms with Crippen LogP contribution in [0, 0.1) is 0 Å². The number of ether oxygens (including phenoxy) is 4. The van der Waals surface area contributed by atoms with Crippen molar-refractivity contribution >= 4 is 68.2 Å². The molecule has 0 N–H and O–H groups in total. The van der Waals surface area contributed by atoms with Crippen LogP contribution in [-0.2, 0) is 22.2 Å². The van der Waals surface area contributed by atoms with Crippen molar-refractivity contribution in [3.05, 3.63) is 107 Å². The number of aromatic nitrogens is 2. The predicted molar refractivity (Wildman–Crippen MR) is 341 cm³/mol. The van der Waals surface area contributed by atoms with Gasteiger partial charge in [0.25, 0.3) is 0 Å². The molecule has 8 nitrogen and oxygen atoms in total. The van der Waals surface area contributed by atoms with Gasteiger partial charge in [-0.2, -0.15) is 17.5 Å². The summed E-state index contributed by atoms with van der Waals surface area (Å²) in [5.74, 6) is 3.10. The fourth-order valence-corrected chi connectivity index (χ4v) is 18.0. The van der Waals surface area contributed by atoms with Crippen LogP contribution in [0.2, 0.25) is 0 Å². The molecule has 0 saturated heterocycles. The molecule has 81 heavy (non-hydrogen) atoms. The quantitative estimate of drug-likeness (QED) is 0.0530. The van der Waals surface area contributed by atoms with E-state index < -0.39 is 0 Å². The lowest BCUT2D eigenvalue weighted by atomic mass is 9.70. The monoisotopic (exact) mass is 1150 g/mol. The van der Waals surface area contributed by atoms with Gasteiger partial charge in [0.2, 0.25) is 0 Å². The molecule has 12 heteroatoms. The summed E-state index contributed by atoms with van der Waals surface area (Å²) in [5.41, 5.74) is 18.6. The van der Waals surface area contributed by atoms with Crippen LogP contribution < -0.4 is 18.9 Å². The second-order valence-corrected chi connectivity index (χ2v) is 26.4. The molecule has 8 aromatic rings. The molecule has 1 unspecified atom stereocenters. The Labute approximate surface area is 495 Å². The molecule has 5 aromatic carbocycles. The summed E-state index contributed by atoms with van der Waals surface area (Å²) in [6.45, 7) is 11.1. The maximum atomic E-state index is 6.74. The van der Waals surface area contributed by atoms with Gasteiger partial charge in [-0.3, -0.25) is 0 Å². The second-order valence-electron chi connectivity index (χ2n) is 23.3. The molecule has 0 radical (unpaired) electrons. The average molecular weight is 1150 g/mol. The van der Waals surface area contributed by atoms with E-state index in [0.717, 1.165) is 113 Å². The maximum absolute atomic E-state index is 6.74. The predicted octanol–water partition coefficient (Wildman–Crippen LogP) is 21.6. The molecule has 13 rings (SSSR count). The molecule has 0 saturated carbocycles. The lowest BCUT2D eigenvalue weighted by Crippen LogP contribution is -2.25. The first-order chi connectivity index (χ1) is 40.0. The lowest BCUT2D eigenvalue weighted by Gasteiger charge is -2.33. The SMILES string of the molecule is CCCCCCCC1(CCCCCC)c2ccccc2-c2ccc(-c3sc(-c4c5c(c(-c6sc(-c7ccc8c(c7)C(CCCCCC)(CCCCCC)c7ccccc7-8)c7c6OCCO7)c6nsnc46)N=S=N5)c4c3OCCO4)cc21. The smallest absolute Gasteiger partial charge is 0.180 e. The van der Waals surface area contributed by atoms with Crippen LogP contribution >= 0.6 is 34.4 Å². The largest absolute Gasteiger partial charge is 0.485 e. The van der Waals surface area contributed by atoms with Gasteiger partial charge in [0.15, 0.2) is 23.0 Å². The Morgan fingerprint density at radius 3 is 1.16 bits per heavy atom. The van der Waals surface area contributed by atoms with Gasteiger partial charge < -0.3 is 18.9 Å². The number of benzene rings is 5. The molecule has 3 aromatic heterocycles. The van der Waals surface area contributed by atoms with E-state index in [1.54, 1.807) is 22.7 Å². The van der Waals surface area contributed by atoms with Gasteiger partial charge in [0.1, 0.15) is 48.8 Å². The molecule has 5 aliphatic rings. The molecular weight excluding hydrogens is 1080 g/mol. The number of hydrogen-bond donors (Lipinski definition) is 0. The Kier molecular flexibility index (Phi) is 16.1. The summed E-state index contributed by atoms with van der Waals surface area (Å²) in [7, 11) is 0. The van der Waals surface area contributed by atoms with E-state index in [2.05, 4.69) is 113 Å². The van der Waals surface area contributed by atoms with E-state index in [1.807, 2.05) is 0 Å². The van der Waals surface area contributed by atoms with Crippen molar-refractivity contribution in [1.29, 1.82) is 0 Å². The highest BCUT2D eigenvalue weighted by Gasteiger charge is 2.45. The number of rotatable bonds is 25. The molecule has 6 heterocycles. The highest BCUT2D eigenvalue weighted by molar-refractivity contribution is 7.58. The van der Waals surface area contributed by atoms with Crippen molar-refractivity contribution in [1.82, 2.24) is 8.75 Å². The fraction of sp³-hybridized carbons (Fsp3) is 0.449. The molecule has 3 aliphatic heterocycles. The molecule has 1 atom stereocenters. The van der Waals surface area contributed by atoms with Crippen LogP contribution in [0.5, 0.6) is 23.0 Å². The molecule has 0 fully saturated rings. The summed E-state index contributed by atoms with van der Waals surface area (Å²) in [6, 6.07) is 33.0. The van der Waals surface area contributed by atoms with Gasteiger partial charge in [-0.1, -0.05) is 210 Å². The van der Waals surface area contributed by atoms with Gasteiger partial charge in [-0.05, 0) is 93.5 Å². The van der Waals surface area contributed by atoms with Crippen molar-refractivity contribution in [2.45, 2.75) is 173 Å². The topological polar surface area (TPSA) is 87.4 Å². The third kappa shape index (κ3) is 9.60. The molecule has 2 aliphatic carbocycles. The minimum absolute atomic E-state index is 0.0400. The van der Waals surface area contributed by atoms with Gasteiger partial charge in [0, 0.05) is 10.8 Å². The highest BCUT2D eigenvalue weighted by Crippen LogP contribution is 2.65. The minimum Gasteiger partial charge on any atom is -0.485 e. The van der Waals surface area contributed by atoms with Crippen molar-refractivity contribution < 1.29 is 18.9 Å². The molecular formula is C69H76N4O4S4. The number of thiophene rings is 2. The third-order valence-corrected chi connectivity index (χ3v) is 21.8. The van der Waals surface area contributed by atoms with E-state index in [1.165, 1.54) is 177 Å². The van der Waals surface area contributed by atoms with Gasteiger partial charge >= 0.3 is 0 Å². The van der Waals surface area contributed by atoms with E-state index in [9.17, 15) is 0 Å². The maximum Gasteiger partial charge on any atom is 0.180 e. The first-order valence-electron chi connectivity index (χ1n) is 30.8. The van der Waals surface area contributed by atoms with E-state index in [4.69, 9.17) is 36.4 Å². The normalized spacial score (nSPS) is 16.6. The van der Waals surface area contributed by atoms with Crippen LogP contribution in [0.15, 0.2) is 93.7 Å². The number of hydrogen-bond acceptors (Lipinski definition) is 11. The van der Waals surface area contributed by atoms with E-state index in [-0.39, 0.29) is 10.8 Å². The number of fused-ring (bicyclic) bond motifs is 10. The van der Waals surface area contributed by atoms with Crippen LogP contribution in [0.4, 0.5) is 11.4 Å². The fourth-order valence-electron chi connectivity index (χ4n) is 14.4. The third-order valence-electron chi connectivity index (χ3n) is 18.3. The standard InChI is InChI=1S/C69H76N4O4S4/c1-5-9-13-17-25-37-69(36-24-16-12-8-4)51-29-21-19-27-47(51)49-33-31-45(43-53(49)69)65-61-63(77-41-39-75-61)67(79-65)55-58-56(70-80-72-58)54(57-59(55)73-81-71-57)66-62-60(74-38-40-76-62)64(78-66)44-30-32-48-46-26-18-20-28-50(46)68(52(48)42-44,34-22-14-10-6-2)35-23-15-11-7-3/h18-21,26-33,42-43H,5-17,22-25,34-41H2,1-4H3. The summed E-state index contributed by atoms with van der Waals surface area (Å²) < 4.78 is 47.6. The Morgan fingerprint density at radius 2 is 0.753 bits per heavy atom. The molecule has 420 valence electrons. The minimum atomic E-state index is -0.0412. The van der Waals surface area contributed by atoms with Crippen LogP contribution in [0.3, 0.4) is 0 Å². The van der Waals surface area contributed by atoms with Gasteiger partial charge in [0.05, 0.1) is 53.7 Å². The Hall–Kier alpha value is -5.66. The zero-order chi connectivity index (χ0) is 54.9. The molecule has 0 spiro atoms. The summed E-state index contributed by atoms with van der Waals surface area (Å²) in [6.07, 6.45) is 25.9.